The van der Waals surface area contributed by atoms with Gasteiger partial charge in [0.15, 0.2) is 0 Å². The molecule has 0 saturated carbocycles. The maximum Gasteiger partial charge on any atom is 0.0943 e. The van der Waals surface area contributed by atoms with E-state index in [0.717, 1.165) is 23.5 Å². The van der Waals surface area contributed by atoms with Crippen molar-refractivity contribution in [3.63, 3.8) is 0 Å². The Hall–Kier alpha value is -1.19. The number of nitrogens with two attached hydrogens (primary N) is 1. The molecule has 2 rings (SSSR count). The van der Waals surface area contributed by atoms with Crippen LogP contribution in [0.15, 0.2) is 24.3 Å². The third-order valence-electron chi connectivity index (χ3n) is 2.91. The van der Waals surface area contributed by atoms with Gasteiger partial charge < -0.3 is 5.73 Å². The van der Waals surface area contributed by atoms with Crippen molar-refractivity contribution in [3.8, 4) is 0 Å². The van der Waals surface area contributed by atoms with Crippen LogP contribution in [0.4, 0.5) is 0 Å². The van der Waals surface area contributed by atoms with Crippen LogP contribution in [0.3, 0.4) is 0 Å². The van der Waals surface area contributed by atoms with Gasteiger partial charge in [-0.25, -0.2) is 4.98 Å². The molecule has 2 aromatic rings. The van der Waals surface area contributed by atoms with E-state index in [-0.39, 0.29) is 0 Å². The zero-order valence-electron chi connectivity index (χ0n) is 10.4. The Morgan fingerprint density at radius 2 is 2.00 bits per heavy atom. The molecule has 0 fully saturated rings. The van der Waals surface area contributed by atoms with E-state index in [2.05, 4.69) is 43.1 Å². The third kappa shape index (κ3) is 2.93. The van der Waals surface area contributed by atoms with E-state index in [0.29, 0.717) is 6.54 Å². The van der Waals surface area contributed by atoms with Gasteiger partial charge in [-0.3, -0.25) is 0 Å². The van der Waals surface area contributed by atoms with Crippen LogP contribution in [0, 0.1) is 13.8 Å². The average molecular weight is 246 g/mol. The summed E-state index contributed by atoms with van der Waals surface area (Å²) in [6.45, 7) is 4.92. The largest absolute Gasteiger partial charge is 0.330 e. The van der Waals surface area contributed by atoms with Crippen molar-refractivity contribution in [1.82, 2.24) is 4.98 Å². The first-order valence-corrected chi connectivity index (χ1v) is 6.72. The Morgan fingerprint density at radius 3 is 2.71 bits per heavy atom. The van der Waals surface area contributed by atoms with Gasteiger partial charge in [-0.15, -0.1) is 11.3 Å². The van der Waals surface area contributed by atoms with Crippen molar-refractivity contribution < 1.29 is 0 Å². The van der Waals surface area contributed by atoms with Crippen molar-refractivity contribution in [2.45, 2.75) is 26.7 Å². The molecule has 0 radical (unpaired) electrons. The highest BCUT2D eigenvalue weighted by atomic mass is 32.1. The second-order valence-electron chi connectivity index (χ2n) is 4.26. The number of rotatable bonds is 4. The van der Waals surface area contributed by atoms with E-state index >= 15 is 0 Å². The highest BCUT2D eigenvalue weighted by Gasteiger charge is 2.08. The molecule has 0 saturated heterocycles. The van der Waals surface area contributed by atoms with Gasteiger partial charge in [-0.1, -0.05) is 24.3 Å². The average Bonchev–Trinajstić information content (AvgIpc) is 2.63. The fourth-order valence-electron chi connectivity index (χ4n) is 1.86. The highest BCUT2D eigenvalue weighted by molar-refractivity contribution is 7.11. The molecule has 0 unspecified atom stereocenters. The van der Waals surface area contributed by atoms with Crippen molar-refractivity contribution in [3.05, 3.63) is 51.0 Å². The van der Waals surface area contributed by atoms with Crippen LogP contribution in [0.25, 0.3) is 0 Å². The molecule has 0 spiro atoms. The smallest absolute Gasteiger partial charge is 0.0943 e. The first-order valence-electron chi connectivity index (χ1n) is 5.90. The highest BCUT2D eigenvalue weighted by Crippen LogP contribution is 2.23. The molecular formula is C14H18N2S. The molecular weight excluding hydrogens is 228 g/mol. The Kier molecular flexibility index (Phi) is 3.92. The lowest BCUT2D eigenvalue weighted by molar-refractivity contribution is 0.943. The fraction of sp³-hybridized carbons (Fsp3) is 0.357. The van der Waals surface area contributed by atoms with Crippen LogP contribution in [0.2, 0.25) is 0 Å². The van der Waals surface area contributed by atoms with Gasteiger partial charge in [0.25, 0.3) is 0 Å². The first kappa shape index (κ1) is 12.3. The first-order chi connectivity index (χ1) is 8.20. The molecule has 3 heteroatoms. The standard InChI is InChI=1S/C14H18N2S/c1-10-5-3-4-6-12(10)9-13-11(2)16-14(17-13)7-8-15/h3-6H,7-9,15H2,1-2H3. The molecule has 0 aliphatic heterocycles. The summed E-state index contributed by atoms with van der Waals surface area (Å²) in [4.78, 5) is 5.93. The minimum Gasteiger partial charge on any atom is -0.330 e. The predicted octanol–water partition coefficient (Wildman–Crippen LogP) is 2.85. The number of aryl methyl sites for hydroxylation is 2. The molecule has 0 aliphatic carbocycles. The van der Waals surface area contributed by atoms with E-state index in [1.165, 1.54) is 16.0 Å². The summed E-state index contributed by atoms with van der Waals surface area (Å²) in [7, 11) is 0. The summed E-state index contributed by atoms with van der Waals surface area (Å²) >= 11 is 1.80. The summed E-state index contributed by atoms with van der Waals surface area (Å²) in [5, 5.41) is 1.16. The van der Waals surface area contributed by atoms with Crippen LogP contribution >= 0.6 is 11.3 Å². The number of thiazole rings is 1. The normalized spacial score (nSPS) is 10.8. The maximum absolute atomic E-state index is 5.56. The van der Waals surface area contributed by atoms with Crippen LogP contribution in [0.5, 0.6) is 0 Å². The zero-order chi connectivity index (χ0) is 12.3. The second-order valence-corrected chi connectivity index (χ2v) is 5.43. The summed E-state index contributed by atoms with van der Waals surface area (Å²) in [6.07, 6.45) is 1.88. The number of hydrogen-bond acceptors (Lipinski definition) is 3. The van der Waals surface area contributed by atoms with Gasteiger partial charge in [0, 0.05) is 17.7 Å². The predicted molar refractivity (Wildman–Crippen MR) is 73.6 cm³/mol. The molecule has 0 atom stereocenters. The third-order valence-corrected chi connectivity index (χ3v) is 4.12. The van der Waals surface area contributed by atoms with Crippen LogP contribution < -0.4 is 5.73 Å². The van der Waals surface area contributed by atoms with Gasteiger partial charge >= 0.3 is 0 Å². The molecule has 1 aromatic carbocycles. The zero-order valence-corrected chi connectivity index (χ0v) is 11.2. The summed E-state index contributed by atoms with van der Waals surface area (Å²) in [5.74, 6) is 0. The quantitative estimate of drug-likeness (QED) is 0.901. The van der Waals surface area contributed by atoms with E-state index in [4.69, 9.17) is 5.73 Å². The molecule has 2 N–H and O–H groups in total. The lowest BCUT2D eigenvalue weighted by Gasteiger charge is -2.03. The minimum absolute atomic E-state index is 0.677. The van der Waals surface area contributed by atoms with E-state index in [1.54, 1.807) is 11.3 Å². The monoisotopic (exact) mass is 246 g/mol. The van der Waals surface area contributed by atoms with Crippen molar-refractivity contribution in [2.24, 2.45) is 5.73 Å². The Labute approximate surface area is 107 Å². The lowest BCUT2D eigenvalue weighted by Crippen LogP contribution is -2.01. The van der Waals surface area contributed by atoms with Gasteiger partial charge in [0.2, 0.25) is 0 Å². The Bertz CT molecular complexity index is 503. The Morgan fingerprint density at radius 1 is 1.24 bits per heavy atom. The number of hydrogen-bond donors (Lipinski definition) is 1. The molecule has 2 nitrogen and oxygen atoms in total. The summed E-state index contributed by atoms with van der Waals surface area (Å²) in [6, 6.07) is 8.53. The second kappa shape index (κ2) is 5.43. The van der Waals surface area contributed by atoms with Crippen LogP contribution in [-0.2, 0) is 12.8 Å². The SMILES string of the molecule is Cc1ccccc1Cc1sc(CCN)nc1C. The molecule has 90 valence electrons. The van der Waals surface area contributed by atoms with Crippen molar-refractivity contribution in [2.75, 3.05) is 6.54 Å². The lowest BCUT2D eigenvalue weighted by atomic mass is 10.0. The molecule has 17 heavy (non-hydrogen) atoms. The van der Waals surface area contributed by atoms with Crippen molar-refractivity contribution in [1.29, 1.82) is 0 Å². The summed E-state index contributed by atoms with van der Waals surface area (Å²) < 4.78 is 0. The van der Waals surface area contributed by atoms with E-state index in [1.807, 2.05) is 0 Å². The van der Waals surface area contributed by atoms with Gasteiger partial charge in [0.1, 0.15) is 0 Å². The van der Waals surface area contributed by atoms with Gasteiger partial charge in [0.05, 0.1) is 10.7 Å². The minimum atomic E-state index is 0.677. The van der Waals surface area contributed by atoms with Crippen LogP contribution in [-0.4, -0.2) is 11.5 Å². The van der Waals surface area contributed by atoms with Gasteiger partial charge in [-0.05, 0) is 31.5 Å². The fourth-order valence-corrected chi connectivity index (χ4v) is 2.97. The molecule has 0 amide bonds. The topological polar surface area (TPSA) is 38.9 Å². The van der Waals surface area contributed by atoms with Gasteiger partial charge in [-0.2, -0.15) is 0 Å². The molecule has 1 heterocycles. The summed E-state index contributed by atoms with van der Waals surface area (Å²) in [5.41, 5.74) is 9.45. The number of benzene rings is 1. The van der Waals surface area contributed by atoms with E-state index < -0.39 is 0 Å². The molecule has 0 aliphatic rings. The van der Waals surface area contributed by atoms with Crippen LogP contribution in [0.1, 0.15) is 26.7 Å². The molecule has 0 bridgehead atoms. The van der Waals surface area contributed by atoms with Crippen molar-refractivity contribution >= 4 is 11.3 Å². The maximum atomic E-state index is 5.56. The Balaban J connectivity index is 2.21. The van der Waals surface area contributed by atoms with E-state index in [9.17, 15) is 0 Å². The number of aromatic nitrogens is 1. The number of nitrogens with zero attached hydrogens (tertiary/aromatic N) is 1. The molecule has 1 aromatic heterocycles.